The minimum atomic E-state index is -0.213. The quantitative estimate of drug-likeness (QED) is 0.491. The molecule has 0 aromatic rings. The van der Waals surface area contributed by atoms with E-state index in [2.05, 4.69) is 18.2 Å². The molecule has 0 amide bonds. The molecule has 74 valence electrons. The first kappa shape index (κ1) is 9.26. The third kappa shape index (κ3) is 1.22. The fraction of sp³-hybridized carbons (Fsp3) is 0.636. The Balaban J connectivity index is 2.15. The first-order valence-electron chi connectivity index (χ1n) is 5.02. The number of nitrogens with zero attached hydrogens (tertiary/aromatic N) is 1. The van der Waals surface area contributed by atoms with E-state index in [9.17, 15) is 4.79 Å². The predicted octanol–water partition coefficient (Wildman–Crippen LogP) is 1.51. The monoisotopic (exact) mass is 191 g/mol. The molecule has 2 bridgehead atoms. The van der Waals surface area contributed by atoms with Crippen molar-refractivity contribution in [3.8, 4) is 6.07 Å². The normalized spacial score (nSPS) is 38.3. The van der Waals surface area contributed by atoms with Gasteiger partial charge in [0.05, 0.1) is 24.5 Å². The number of fused-ring (bicyclic) bond motifs is 2. The number of hydrogen-bond donors (Lipinski definition) is 0. The van der Waals surface area contributed by atoms with Crippen LogP contribution in [0.15, 0.2) is 12.2 Å². The van der Waals surface area contributed by atoms with Crippen LogP contribution in [0.4, 0.5) is 0 Å². The fourth-order valence-electron chi connectivity index (χ4n) is 2.56. The standard InChI is InChI=1S/C11H13NO2/c1-2-14-11(13)10-8-4-3-7(5-8)9(10)6-12/h3-4,7-10H,2,5H2,1H3/t7-,8+,9+,10-/m1/s1. The maximum atomic E-state index is 11.6. The first-order valence-corrected chi connectivity index (χ1v) is 5.02. The van der Waals surface area contributed by atoms with Gasteiger partial charge in [0.15, 0.2) is 0 Å². The van der Waals surface area contributed by atoms with Crippen LogP contribution in [0.5, 0.6) is 0 Å². The largest absolute Gasteiger partial charge is 0.466 e. The Bertz CT molecular complexity index is 316. The molecule has 0 spiro atoms. The van der Waals surface area contributed by atoms with Crippen LogP contribution >= 0.6 is 0 Å². The molecule has 0 saturated heterocycles. The molecule has 0 radical (unpaired) electrons. The SMILES string of the molecule is CCOC(=O)[C@H]1[C@@H](C#N)[C@@H]2C=C[C@H]1C2. The van der Waals surface area contributed by atoms with Crippen LogP contribution in [0.2, 0.25) is 0 Å². The molecule has 1 fully saturated rings. The van der Waals surface area contributed by atoms with Crippen LogP contribution < -0.4 is 0 Å². The lowest BCUT2D eigenvalue weighted by molar-refractivity contribution is -0.149. The van der Waals surface area contributed by atoms with Gasteiger partial charge in [0.25, 0.3) is 0 Å². The summed E-state index contributed by atoms with van der Waals surface area (Å²) >= 11 is 0. The number of carbonyl (C=O) groups excluding carboxylic acids is 1. The van der Waals surface area contributed by atoms with Crippen LogP contribution in [-0.4, -0.2) is 12.6 Å². The predicted molar refractivity (Wildman–Crippen MR) is 50.0 cm³/mol. The van der Waals surface area contributed by atoms with Crippen LogP contribution in [0.1, 0.15) is 13.3 Å². The maximum Gasteiger partial charge on any atom is 0.310 e. The van der Waals surface area contributed by atoms with E-state index >= 15 is 0 Å². The van der Waals surface area contributed by atoms with E-state index in [-0.39, 0.29) is 29.6 Å². The number of nitriles is 1. The minimum absolute atomic E-state index is 0.163. The van der Waals surface area contributed by atoms with Gasteiger partial charge in [0.1, 0.15) is 0 Å². The summed E-state index contributed by atoms with van der Waals surface area (Å²) in [6.45, 7) is 2.19. The summed E-state index contributed by atoms with van der Waals surface area (Å²) in [5.74, 6) is -0.0574. The lowest BCUT2D eigenvalue weighted by Crippen LogP contribution is -2.28. The van der Waals surface area contributed by atoms with E-state index in [0.29, 0.717) is 6.61 Å². The molecule has 0 aliphatic heterocycles. The Morgan fingerprint density at radius 3 is 2.93 bits per heavy atom. The summed E-state index contributed by atoms with van der Waals surface area (Å²) in [5.41, 5.74) is 0. The topological polar surface area (TPSA) is 50.1 Å². The van der Waals surface area contributed by atoms with Crippen molar-refractivity contribution in [3.05, 3.63) is 12.2 Å². The van der Waals surface area contributed by atoms with Crippen molar-refractivity contribution in [2.75, 3.05) is 6.61 Å². The summed E-state index contributed by atoms with van der Waals surface area (Å²) < 4.78 is 4.99. The van der Waals surface area contributed by atoms with Gasteiger partial charge in [0.2, 0.25) is 0 Å². The van der Waals surface area contributed by atoms with Gasteiger partial charge in [-0.15, -0.1) is 0 Å². The highest BCUT2D eigenvalue weighted by Gasteiger charge is 2.49. The van der Waals surface area contributed by atoms with E-state index in [1.54, 1.807) is 6.92 Å². The van der Waals surface area contributed by atoms with Crippen molar-refractivity contribution in [2.24, 2.45) is 23.7 Å². The number of carbonyl (C=O) groups is 1. The molecule has 0 aromatic carbocycles. The third-order valence-corrected chi connectivity index (χ3v) is 3.17. The lowest BCUT2D eigenvalue weighted by Gasteiger charge is -2.20. The smallest absolute Gasteiger partial charge is 0.310 e. The second-order valence-electron chi connectivity index (χ2n) is 3.88. The van der Waals surface area contributed by atoms with Crippen LogP contribution in [0.25, 0.3) is 0 Å². The van der Waals surface area contributed by atoms with Gasteiger partial charge in [-0.1, -0.05) is 12.2 Å². The summed E-state index contributed by atoms with van der Waals surface area (Å²) in [6, 6.07) is 2.23. The molecule has 1 saturated carbocycles. The van der Waals surface area contributed by atoms with E-state index in [4.69, 9.17) is 10.00 Å². The van der Waals surface area contributed by atoms with Gasteiger partial charge < -0.3 is 4.74 Å². The average molecular weight is 191 g/mol. The minimum Gasteiger partial charge on any atom is -0.466 e. The van der Waals surface area contributed by atoms with Crippen molar-refractivity contribution >= 4 is 5.97 Å². The van der Waals surface area contributed by atoms with Gasteiger partial charge in [0, 0.05) is 0 Å². The second-order valence-corrected chi connectivity index (χ2v) is 3.88. The van der Waals surface area contributed by atoms with E-state index in [1.807, 2.05) is 0 Å². The fourth-order valence-corrected chi connectivity index (χ4v) is 2.56. The number of allylic oxidation sites excluding steroid dienone is 2. The van der Waals surface area contributed by atoms with Crippen molar-refractivity contribution in [1.82, 2.24) is 0 Å². The van der Waals surface area contributed by atoms with Gasteiger partial charge in [-0.25, -0.2) is 0 Å². The zero-order valence-corrected chi connectivity index (χ0v) is 8.14. The molecule has 2 aliphatic rings. The Morgan fingerprint density at radius 2 is 2.29 bits per heavy atom. The maximum absolute atomic E-state index is 11.6. The van der Waals surface area contributed by atoms with Gasteiger partial charge in [-0.05, 0) is 25.2 Å². The Morgan fingerprint density at radius 1 is 1.57 bits per heavy atom. The molecule has 14 heavy (non-hydrogen) atoms. The number of rotatable bonds is 2. The van der Waals surface area contributed by atoms with Gasteiger partial charge in [-0.3, -0.25) is 4.79 Å². The lowest BCUT2D eigenvalue weighted by atomic mass is 9.84. The number of esters is 1. The highest BCUT2D eigenvalue weighted by molar-refractivity contribution is 5.75. The Kier molecular flexibility index (Phi) is 2.28. The summed E-state index contributed by atoms with van der Waals surface area (Å²) in [6.07, 6.45) is 5.07. The van der Waals surface area contributed by atoms with E-state index in [0.717, 1.165) is 6.42 Å². The van der Waals surface area contributed by atoms with Crippen molar-refractivity contribution in [1.29, 1.82) is 5.26 Å². The van der Waals surface area contributed by atoms with Crippen molar-refractivity contribution in [2.45, 2.75) is 13.3 Å². The molecule has 4 atom stereocenters. The van der Waals surface area contributed by atoms with Crippen LogP contribution in [0.3, 0.4) is 0 Å². The van der Waals surface area contributed by atoms with E-state index in [1.165, 1.54) is 0 Å². The molecule has 3 nitrogen and oxygen atoms in total. The summed E-state index contributed by atoms with van der Waals surface area (Å²) in [5, 5.41) is 8.98. The molecule has 3 heteroatoms. The Labute approximate surface area is 83.4 Å². The highest BCUT2D eigenvalue weighted by Crippen LogP contribution is 2.48. The molecular formula is C11H13NO2. The first-order chi connectivity index (χ1) is 6.77. The zero-order valence-electron chi connectivity index (χ0n) is 8.14. The molecular weight excluding hydrogens is 178 g/mol. The zero-order chi connectivity index (χ0) is 10.1. The van der Waals surface area contributed by atoms with Gasteiger partial charge >= 0.3 is 5.97 Å². The molecule has 0 N–H and O–H groups in total. The molecule has 2 rings (SSSR count). The van der Waals surface area contributed by atoms with Crippen molar-refractivity contribution < 1.29 is 9.53 Å². The van der Waals surface area contributed by atoms with Crippen LogP contribution in [-0.2, 0) is 9.53 Å². The third-order valence-electron chi connectivity index (χ3n) is 3.17. The van der Waals surface area contributed by atoms with Crippen molar-refractivity contribution in [3.63, 3.8) is 0 Å². The summed E-state index contributed by atoms with van der Waals surface area (Å²) in [7, 11) is 0. The van der Waals surface area contributed by atoms with E-state index < -0.39 is 0 Å². The second kappa shape index (κ2) is 3.45. The number of hydrogen-bond acceptors (Lipinski definition) is 3. The van der Waals surface area contributed by atoms with Crippen LogP contribution in [0, 0.1) is 35.0 Å². The number of ether oxygens (including phenoxy) is 1. The molecule has 0 heterocycles. The molecule has 0 unspecified atom stereocenters. The highest BCUT2D eigenvalue weighted by atomic mass is 16.5. The molecule has 0 aromatic heterocycles. The summed E-state index contributed by atoms with van der Waals surface area (Å²) in [4.78, 5) is 11.6. The Hall–Kier alpha value is -1.30. The van der Waals surface area contributed by atoms with Gasteiger partial charge in [-0.2, -0.15) is 5.26 Å². The molecule has 2 aliphatic carbocycles. The average Bonchev–Trinajstić information content (AvgIpc) is 2.76.